The van der Waals surface area contributed by atoms with E-state index in [-0.39, 0.29) is 13.6 Å². The average Bonchev–Trinajstić information content (AvgIpc) is 2.43. The molecule has 0 atom stereocenters. The van der Waals surface area contributed by atoms with Gasteiger partial charge in [0.1, 0.15) is 11.5 Å². The molecule has 0 radical (unpaired) electrons. The fourth-order valence-electron chi connectivity index (χ4n) is 1.74. The second-order valence-electron chi connectivity index (χ2n) is 3.71. The third-order valence-electron chi connectivity index (χ3n) is 2.51. The first kappa shape index (κ1) is 12.7. The van der Waals surface area contributed by atoms with Crippen molar-refractivity contribution < 1.29 is 18.9 Å². The maximum atomic E-state index is 5.52. The number of ether oxygens (including phenoxy) is 4. The van der Waals surface area contributed by atoms with Crippen molar-refractivity contribution in [2.75, 3.05) is 27.8 Å². The van der Waals surface area contributed by atoms with E-state index in [0.29, 0.717) is 0 Å². The van der Waals surface area contributed by atoms with Crippen LogP contribution in [0.1, 0.15) is 0 Å². The molecule has 0 aliphatic heterocycles. The highest BCUT2D eigenvalue weighted by molar-refractivity contribution is 5.93. The van der Waals surface area contributed by atoms with Crippen LogP contribution < -0.4 is 9.47 Å². The molecule has 0 fully saturated rings. The molecule has 4 nitrogen and oxygen atoms in total. The minimum absolute atomic E-state index is 0.224. The minimum atomic E-state index is 0.224. The lowest BCUT2D eigenvalue weighted by Gasteiger charge is -2.12. The van der Waals surface area contributed by atoms with E-state index in [4.69, 9.17) is 18.9 Å². The number of benzene rings is 2. The molecule has 0 amide bonds. The maximum absolute atomic E-state index is 5.52. The molecular formula is C14H16O4. The molecule has 0 bridgehead atoms. The summed E-state index contributed by atoms with van der Waals surface area (Å²) in [5, 5.41) is 1.98. The maximum Gasteiger partial charge on any atom is 0.188 e. The molecule has 0 aliphatic carbocycles. The number of hydrogen-bond donors (Lipinski definition) is 0. The molecule has 0 N–H and O–H groups in total. The molecule has 0 heterocycles. The van der Waals surface area contributed by atoms with Crippen LogP contribution in [0.25, 0.3) is 10.8 Å². The SMILES string of the molecule is COCOc1ccc(OCOC)c2ccccc12. The smallest absolute Gasteiger partial charge is 0.188 e. The van der Waals surface area contributed by atoms with Crippen molar-refractivity contribution in [3.8, 4) is 11.5 Å². The first-order valence-corrected chi connectivity index (χ1v) is 5.62. The van der Waals surface area contributed by atoms with Gasteiger partial charge in [-0.25, -0.2) is 0 Å². The van der Waals surface area contributed by atoms with Gasteiger partial charge in [0.05, 0.1) is 0 Å². The van der Waals surface area contributed by atoms with E-state index in [0.717, 1.165) is 22.3 Å². The second-order valence-corrected chi connectivity index (χ2v) is 3.71. The van der Waals surface area contributed by atoms with Crippen molar-refractivity contribution in [1.82, 2.24) is 0 Å². The Labute approximate surface area is 106 Å². The van der Waals surface area contributed by atoms with Gasteiger partial charge in [-0.15, -0.1) is 0 Å². The first-order chi connectivity index (χ1) is 8.86. The van der Waals surface area contributed by atoms with Crippen molar-refractivity contribution in [3.05, 3.63) is 36.4 Å². The molecule has 0 aromatic heterocycles. The van der Waals surface area contributed by atoms with Gasteiger partial charge in [0.2, 0.25) is 0 Å². The van der Waals surface area contributed by atoms with E-state index in [1.807, 2.05) is 36.4 Å². The van der Waals surface area contributed by atoms with Gasteiger partial charge in [-0.05, 0) is 12.1 Å². The molecule has 0 saturated heterocycles. The van der Waals surface area contributed by atoms with Gasteiger partial charge in [-0.3, -0.25) is 0 Å². The zero-order chi connectivity index (χ0) is 12.8. The fourth-order valence-corrected chi connectivity index (χ4v) is 1.74. The Morgan fingerprint density at radius 2 is 1.17 bits per heavy atom. The molecule has 96 valence electrons. The predicted octanol–water partition coefficient (Wildman–Crippen LogP) is 2.81. The summed E-state index contributed by atoms with van der Waals surface area (Å²) in [6.45, 7) is 0.449. The van der Waals surface area contributed by atoms with E-state index < -0.39 is 0 Å². The summed E-state index contributed by atoms with van der Waals surface area (Å²) in [6.07, 6.45) is 0. The van der Waals surface area contributed by atoms with Crippen LogP contribution in [-0.2, 0) is 9.47 Å². The van der Waals surface area contributed by atoms with Crippen molar-refractivity contribution in [2.45, 2.75) is 0 Å². The standard InChI is InChI=1S/C14H16O4/c1-15-9-17-13-7-8-14(18-10-16-2)12-6-4-3-5-11(12)13/h3-8H,9-10H2,1-2H3. The molecule has 2 aromatic carbocycles. The third-order valence-corrected chi connectivity index (χ3v) is 2.51. The number of fused-ring (bicyclic) bond motifs is 1. The Balaban J connectivity index is 2.38. The van der Waals surface area contributed by atoms with Gasteiger partial charge >= 0.3 is 0 Å². The average molecular weight is 248 g/mol. The van der Waals surface area contributed by atoms with Crippen molar-refractivity contribution in [2.24, 2.45) is 0 Å². The molecule has 4 heteroatoms. The van der Waals surface area contributed by atoms with Gasteiger partial charge in [0, 0.05) is 25.0 Å². The highest BCUT2D eigenvalue weighted by Gasteiger charge is 2.07. The van der Waals surface area contributed by atoms with Crippen molar-refractivity contribution in [1.29, 1.82) is 0 Å². The van der Waals surface area contributed by atoms with Gasteiger partial charge in [0.25, 0.3) is 0 Å². The summed E-state index contributed by atoms with van der Waals surface area (Å²) in [5.74, 6) is 1.55. The third kappa shape index (κ3) is 2.72. The van der Waals surface area contributed by atoms with E-state index >= 15 is 0 Å². The Morgan fingerprint density at radius 3 is 1.56 bits per heavy atom. The van der Waals surface area contributed by atoms with E-state index in [2.05, 4.69) is 0 Å². The van der Waals surface area contributed by atoms with Crippen LogP contribution in [0.3, 0.4) is 0 Å². The Bertz CT molecular complexity index is 464. The zero-order valence-corrected chi connectivity index (χ0v) is 10.5. The van der Waals surface area contributed by atoms with Gasteiger partial charge < -0.3 is 18.9 Å². The van der Waals surface area contributed by atoms with Crippen LogP contribution in [0.2, 0.25) is 0 Å². The summed E-state index contributed by atoms with van der Waals surface area (Å²) in [6, 6.07) is 11.6. The van der Waals surface area contributed by atoms with Crippen LogP contribution in [0, 0.1) is 0 Å². The lowest BCUT2D eigenvalue weighted by atomic mass is 10.1. The summed E-state index contributed by atoms with van der Waals surface area (Å²) in [7, 11) is 3.19. The normalized spacial score (nSPS) is 10.6. The molecule has 0 saturated carbocycles. The van der Waals surface area contributed by atoms with Crippen LogP contribution in [-0.4, -0.2) is 27.8 Å². The second kappa shape index (κ2) is 6.23. The van der Waals surface area contributed by atoms with Crippen LogP contribution in [0.4, 0.5) is 0 Å². The van der Waals surface area contributed by atoms with Gasteiger partial charge in [-0.2, -0.15) is 0 Å². The summed E-state index contributed by atoms with van der Waals surface area (Å²) >= 11 is 0. The summed E-state index contributed by atoms with van der Waals surface area (Å²) in [5.41, 5.74) is 0. The number of rotatable bonds is 6. The molecule has 2 rings (SSSR count). The molecule has 18 heavy (non-hydrogen) atoms. The summed E-state index contributed by atoms with van der Waals surface area (Å²) < 4.78 is 20.9. The molecule has 0 unspecified atom stereocenters. The Hall–Kier alpha value is -1.78. The topological polar surface area (TPSA) is 36.9 Å². The van der Waals surface area contributed by atoms with Gasteiger partial charge in [-0.1, -0.05) is 24.3 Å². The monoisotopic (exact) mass is 248 g/mol. The molecule has 0 spiro atoms. The molecule has 0 aliphatic rings. The van der Waals surface area contributed by atoms with E-state index in [1.54, 1.807) is 14.2 Å². The molecule has 2 aromatic rings. The predicted molar refractivity (Wildman–Crippen MR) is 69.0 cm³/mol. The zero-order valence-electron chi connectivity index (χ0n) is 10.5. The van der Waals surface area contributed by atoms with Gasteiger partial charge in [0.15, 0.2) is 13.6 Å². The van der Waals surface area contributed by atoms with Crippen molar-refractivity contribution in [3.63, 3.8) is 0 Å². The fraction of sp³-hybridized carbons (Fsp3) is 0.286. The van der Waals surface area contributed by atoms with Crippen LogP contribution in [0.15, 0.2) is 36.4 Å². The number of hydrogen-bond acceptors (Lipinski definition) is 4. The Morgan fingerprint density at radius 1 is 0.722 bits per heavy atom. The molecular weight excluding hydrogens is 232 g/mol. The quantitative estimate of drug-likeness (QED) is 0.737. The Kier molecular flexibility index (Phi) is 4.39. The first-order valence-electron chi connectivity index (χ1n) is 5.62. The number of methoxy groups -OCH3 is 2. The lowest BCUT2D eigenvalue weighted by Crippen LogP contribution is -2.01. The van der Waals surface area contributed by atoms with Crippen LogP contribution in [0.5, 0.6) is 11.5 Å². The summed E-state index contributed by atoms with van der Waals surface area (Å²) in [4.78, 5) is 0. The highest BCUT2D eigenvalue weighted by Crippen LogP contribution is 2.33. The minimum Gasteiger partial charge on any atom is -0.467 e. The van der Waals surface area contributed by atoms with E-state index in [1.165, 1.54) is 0 Å². The van der Waals surface area contributed by atoms with E-state index in [9.17, 15) is 0 Å². The lowest BCUT2D eigenvalue weighted by molar-refractivity contribution is 0.0500. The van der Waals surface area contributed by atoms with Crippen molar-refractivity contribution >= 4 is 10.8 Å². The highest BCUT2D eigenvalue weighted by atomic mass is 16.7. The largest absolute Gasteiger partial charge is 0.467 e. The van der Waals surface area contributed by atoms with Crippen LogP contribution >= 0.6 is 0 Å².